The van der Waals surface area contributed by atoms with Gasteiger partial charge >= 0.3 is 0 Å². The standard InChI is InChI=1S/C15H12N2O5/c18-9-11-5-7-12(8-6-11)22-10-15(19)16-13-3-1-2-4-14(13)17(20)21/h1-9H,10H2,(H,16,19). The summed E-state index contributed by atoms with van der Waals surface area (Å²) in [5.41, 5.74) is 0.417. The first-order valence-electron chi connectivity index (χ1n) is 6.31. The summed E-state index contributed by atoms with van der Waals surface area (Å²) in [4.78, 5) is 32.5. The van der Waals surface area contributed by atoms with Gasteiger partial charge in [0.1, 0.15) is 17.7 Å². The molecule has 2 aromatic carbocycles. The van der Waals surface area contributed by atoms with Crippen LogP contribution in [0.5, 0.6) is 5.75 Å². The normalized spacial score (nSPS) is 9.82. The summed E-state index contributed by atoms with van der Waals surface area (Å²) < 4.78 is 5.24. The molecule has 1 N–H and O–H groups in total. The average molecular weight is 300 g/mol. The van der Waals surface area contributed by atoms with E-state index in [0.717, 1.165) is 0 Å². The Morgan fingerprint density at radius 3 is 2.50 bits per heavy atom. The van der Waals surface area contributed by atoms with Crippen LogP contribution in [0.3, 0.4) is 0 Å². The van der Waals surface area contributed by atoms with Crippen molar-refractivity contribution in [2.75, 3.05) is 11.9 Å². The maximum atomic E-state index is 11.8. The fourth-order valence-corrected chi connectivity index (χ4v) is 1.72. The van der Waals surface area contributed by atoms with Gasteiger partial charge in [0.25, 0.3) is 11.6 Å². The number of nitro groups is 1. The monoisotopic (exact) mass is 300 g/mol. The average Bonchev–Trinajstić information content (AvgIpc) is 2.53. The lowest BCUT2D eigenvalue weighted by molar-refractivity contribution is -0.383. The van der Waals surface area contributed by atoms with Crippen LogP contribution in [0.1, 0.15) is 10.4 Å². The first kappa shape index (κ1) is 15.2. The Morgan fingerprint density at radius 1 is 1.18 bits per heavy atom. The zero-order valence-corrected chi connectivity index (χ0v) is 11.4. The van der Waals surface area contributed by atoms with Crippen molar-refractivity contribution in [3.63, 3.8) is 0 Å². The molecule has 0 bridgehead atoms. The van der Waals surface area contributed by atoms with Gasteiger partial charge in [0.05, 0.1) is 4.92 Å². The summed E-state index contributed by atoms with van der Waals surface area (Å²) in [5.74, 6) is -0.0999. The first-order chi connectivity index (χ1) is 10.6. The molecule has 0 saturated heterocycles. The topological polar surface area (TPSA) is 98.5 Å². The predicted molar refractivity (Wildman–Crippen MR) is 79.1 cm³/mol. The van der Waals surface area contributed by atoms with Crippen LogP contribution in [0.15, 0.2) is 48.5 Å². The lowest BCUT2D eigenvalue weighted by Crippen LogP contribution is -2.20. The number of hydrogen-bond donors (Lipinski definition) is 1. The summed E-state index contributed by atoms with van der Waals surface area (Å²) in [5, 5.41) is 13.3. The number of aldehydes is 1. The van der Waals surface area contributed by atoms with Crippen LogP contribution in [0.4, 0.5) is 11.4 Å². The van der Waals surface area contributed by atoms with Crippen molar-refractivity contribution in [1.82, 2.24) is 0 Å². The van der Waals surface area contributed by atoms with E-state index in [9.17, 15) is 19.7 Å². The van der Waals surface area contributed by atoms with Gasteiger partial charge in [-0.15, -0.1) is 0 Å². The quantitative estimate of drug-likeness (QED) is 0.502. The third-order valence-corrected chi connectivity index (χ3v) is 2.76. The Labute approximate surface area is 125 Å². The second kappa shape index (κ2) is 6.98. The van der Waals surface area contributed by atoms with E-state index in [1.165, 1.54) is 18.2 Å². The summed E-state index contributed by atoms with van der Waals surface area (Å²) in [6, 6.07) is 12.1. The Bertz CT molecular complexity index is 697. The van der Waals surface area contributed by atoms with E-state index in [1.54, 1.807) is 30.3 Å². The van der Waals surface area contributed by atoms with E-state index >= 15 is 0 Å². The van der Waals surface area contributed by atoms with Crippen LogP contribution in [-0.4, -0.2) is 23.7 Å². The zero-order chi connectivity index (χ0) is 15.9. The molecule has 0 aliphatic carbocycles. The molecule has 112 valence electrons. The third kappa shape index (κ3) is 3.89. The molecule has 0 radical (unpaired) electrons. The molecular weight excluding hydrogens is 288 g/mol. The summed E-state index contributed by atoms with van der Waals surface area (Å²) in [7, 11) is 0. The number of carbonyl (C=O) groups excluding carboxylic acids is 2. The Balaban J connectivity index is 1.95. The SMILES string of the molecule is O=Cc1ccc(OCC(=O)Nc2ccccc2[N+](=O)[O-])cc1. The van der Waals surface area contributed by atoms with Crippen molar-refractivity contribution in [3.05, 3.63) is 64.2 Å². The van der Waals surface area contributed by atoms with Gasteiger partial charge in [-0.3, -0.25) is 19.7 Å². The second-order valence-electron chi connectivity index (χ2n) is 4.30. The van der Waals surface area contributed by atoms with E-state index in [1.807, 2.05) is 0 Å². The minimum Gasteiger partial charge on any atom is -0.484 e. The molecule has 7 nitrogen and oxygen atoms in total. The second-order valence-corrected chi connectivity index (χ2v) is 4.30. The number of carbonyl (C=O) groups is 2. The Hall–Kier alpha value is -3.22. The largest absolute Gasteiger partial charge is 0.484 e. The molecule has 7 heteroatoms. The highest BCUT2D eigenvalue weighted by Gasteiger charge is 2.14. The van der Waals surface area contributed by atoms with Crippen LogP contribution in [0, 0.1) is 10.1 Å². The Morgan fingerprint density at radius 2 is 1.86 bits per heavy atom. The highest BCUT2D eigenvalue weighted by molar-refractivity contribution is 5.94. The number of hydrogen-bond acceptors (Lipinski definition) is 5. The van der Waals surface area contributed by atoms with Gasteiger partial charge in [0.2, 0.25) is 0 Å². The van der Waals surface area contributed by atoms with Crippen molar-refractivity contribution in [2.24, 2.45) is 0 Å². The van der Waals surface area contributed by atoms with Gasteiger partial charge in [-0.25, -0.2) is 0 Å². The molecule has 0 fully saturated rings. The first-order valence-corrected chi connectivity index (χ1v) is 6.31. The lowest BCUT2D eigenvalue weighted by Gasteiger charge is -2.08. The highest BCUT2D eigenvalue weighted by Crippen LogP contribution is 2.23. The van der Waals surface area contributed by atoms with Crippen LogP contribution in [0.2, 0.25) is 0 Å². The number of amides is 1. The summed E-state index contributed by atoms with van der Waals surface area (Å²) in [6.07, 6.45) is 0.699. The molecular formula is C15H12N2O5. The van der Waals surface area contributed by atoms with Crippen LogP contribution < -0.4 is 10.1 Å². The van der Waals surface area contributed by atoms with Crippen LogP contribution in [0.25, 0.3) is 0 Å². The number of rotatable bonds is 6. The van der Waals surface area contributed by atoms with E-state index in [-0.39, 0.29) is 18.0 Å². The molecule has 0 unspecified atom stereocenters. The van der Waals surface area contributed by atoms with Gasteiger partial charge < -0.3 is 10.1 Å². The highest BCUT2D eigenvalue weighted by atomic mass is 16.6. The lowest BCUT2D eigenvalue weighted by atomic mass is 10.2. The smallest absolute Gasteiger partial charge is 0.292 e. The predicted octanol–water partition coefficient (Wildman–Crippen LogP) is 2.42. The molecule has 0 spiro atoms. The molecule has 0 heterocycles. The fraction of sp³-hybridized carbons (Fsp3) is 0.0667. The van der Waals surface area contributed by atoms with E-state index in [0.29, 0.717) is 17.6 Å². The molecule has 0 atom stereocenters. The molecule has 0 aromatic heterocycles. The van der Waals surface area contributed by atoms with Crippen molar-refractivity contribution in [1.29, 1.82) is 0 Å². The van der Waals surface area contributed by atoms with Crippen molar-refractivity contribution < 1.29 is 19.2 Å². The number of nitro benzene ring substituents is 1. The molecule has 1 amide bonds. The van der Waals surface area contributed by atoms with Crippen molar-refractivity contribution in [2.45, 2.75) is 0 Å². The van der Waals surface area contributed by atoms with Crippen molar-refractivity contribution >= 4 is 23.6 Å². The molecule has 22 heavy (non-hydrogen) atoms. The van der Waals surface area contributed by atoms with E-state index in [4.69, 9.17) is 4.74 Å². The van der Waals surface area contributed by atoms with Crippen LogP contribution >= 0.6 is 0 Å². The fourth-order valence-electron chi connectivity index (χ4n) is 1.72. The maximum absolute atomic E-state index is 11.8. The number of ether oxygens (including phenoxy) is 1. The molecule has 2 rings (SSSR count). The number of anilines is 1. The number of nitrogens with one attached hydrogen (secondary N) is 1. The van der Waals surface area contributed by atoms with Crippen LogP contribution in [-0.2, 0) is 4.79 Å². The van der Waals surface area contributed by atoms with Gasteiger partial charge in [-0.1, -0.05) is 12.1 Å². The molecule has 0 aliphatic heterocycles. The minimum absolute atomic E-state index is 0.109. The molecule has 0 saturated carbocycles. The van der Waals surface area contributed by atoms with Gasteiger partial charge in [0.15, 0.2) is 6.61 Å². The maximum Gasteiger partial charge on any atom is 0.292 e. The zero-order valence-electron chi connectivity index (χ0n) is 11.4. The third-order valence-electron chi connectivity index (χ3n) is 2.76. The number of benzene rings is 2. The van der Waals surface area contributed by atoms with Crippen molar-refractivity contribution in [3.8, 4) is 5.75 Å². The number of para-hydroxylation sites is 2. The van der Waals surface area contributed by atoms with Gasteiger partial charge in [0, 0.05) is 11.6 Å². The van der Waals surface area contributed by atoms with E-state index in [2.05, 4.69) is 5.32 Å². The van der Waals surface area contributed by atoms with E-state index < -0.39 is 10.8 Å². The van der Waals surface area contributed by atoms with Gasteiger partial charge in [-0.05, 0) is 30.3 Å². The molecule has 2 aromatic rings. The minimum atomic E-state index is -0.575. The Kier molecular flexibility index (Phi) is 4.81. The number of nitrogens with zero attached hydrogens (tertiary/aromatic N) is 1. The summed E-state index contributed by atoms with van der Waals surface area (Å²) >= 11 is 0. The molecule has 0 aliphatic rings. The van der Waals surface area contributed by atoms with Gasteiger partial charge in [-0.2, -0.15) is 0 Å². The summed E-state index contributed by atoms with van der Waals surface area (Å²) in [6.45, 7) is -0.299.